The van der Waals surface area contributed by atoms with Gasteiger partial charge in [0.05, 0.1) is 11.9 Å². The largest absolute Gasteiger partial charge is 0.344 e. The van der Waals surface area contributed by atoms with Crippen molar-refractivity contribution in [3.05, 3.63) is 58.9 Å². The van der Waals surface area contributed by atoms with Crippen molar-refractivity contribution in [1.29, 1.82) is 0 Å². The first kappa shape index (κ1) is 20.2. The molecule has 1 heterocycles. The zero-order valence-electron chi connectivity index (χ0n) is 15.0. The lowest BCUT2D eigenvalue weighted by molar-refractivity contribution is -0.128. The lowest BCUT2D eigenvalue weighted by Gasteiger charge is -2.26. The number of rotatable bonds is 7. The van der Waals surface area contributed by atoms with Gasteiger partial charge in [-0.1, -0.05) is 11.6 Å². The number of hydrogen-bond donors (Lipinski definition) is 0. The molecular formula is C18H22ClN3O3S. The normalized spacial score (nSPS) is 11.2. The van der Waals surface area contributed by atoms with Gasteiger partial charge in [0, 0.05) is 31.0 Å². The van der Waals surface area contributed by atoms with Gasteiger partial charge in [0.1, 0.15) is 6.54 Å². The van der Waals surface area contributed by atoms with Crippen LogP contribution in [-0.4, -0.2) is 50.6 Å². The second-order valence-corrected chi connectivity index (χ2v) is 8.46. The van der Waals surface area contributed by atoms with Crippen LogP contribution in [0.2, 0.25) is 5.02 Å². The number of sulfonamides is 1. The van der Waals surface area contributed by atoms with Gasteiger partial charge in [-0.25, -0.2) is 8.42 Å². The van der Waals surface area contributed by atoms with Crippen LogP contribution in [0.1, 0.15) is 11.1 Å². The Morgan fingerprint density at radius 1 is 1.19 bits per heavy atom. The molecule has 0 atom stereocenters. The van der Waals surface area contributed by atoms with Gasteiger partial charge in [0.2, 0.25) is 15.9 Å². The van der Waals surface area contributed by atoms with Crippen LogP contribution in [0.25, 0.3) is 0 Å². The maximum atomic E-state index is 12.6. The highest BCUT2D eigenvalue weighted by atomic mass is 35.5. The van der Waals surface area contributed by atoms with E-state index in [2.05, 4.69) is 4.98 Å². The molecule has 2 aromatic rings. The Kier molecular flexibility index (Phi) is 6.61. The van der Waals surface area contributed by atoms with Crippen LogP contribution in [0.3, 0.4) is 0 Å². The molecule has 0 aliphatic rings. The summed E-state index contributed by atoms with van der Waals surface area (Å²) in [5.41, 5.74) is 2.20. The van der Waals surface area contributed by atoms with Crippen molar-refractivity contribution in [3.8, 4) is 0 Å². The molecule has 0 spiro atoms. The van der Waals surface area contributed by atoms with Crippen LogP contribution >= 0.6 is 11.6 Å². The molecular weight excluding hydrogens is 374 g/mol. The molecule has 1 aromatic carbocycles. The third-order valence-corrected chi connectivity index (χ3v) is 5.38. The molecule has 140 valence electrons. The summed E-state index contributed by atoms with van der Waals surface area (Å²) >= 11 is 5.94. The molecule has 0 unspecified atom stereocenters. The molecule has 0 aliphatic carbocycles. The fourth-order valence-corrected chi connectivity index (χ4v) is 3.63. The van der Waals surface area contributed by atoms with Crippen molar-refractivity contribution in [1.82, 2.24) is 9.88 Å². The molecule has 26 heavy (non-hydrogen) atoms. The number of halogens is 1. The van der Waals surface area contributed by atoms with E-state index in [9.17, 15) is 13.2 Å². The number of carbonyl (C=O) groups is 1. The first-order valence-corrected chi connectivity index (χ1v) is 10.3. The van der Waals surface area contributed by atoms with Crippen LogP contribution in [0.4, 0.5) is 5.69 Å². The minimum Gasteiger partial charge on any atom is -0.344 e. The zero-order chi connectivity index (χ0) is 19.3. The Morgan fingerprint density at radius 2 is 1.85 bits per heavy atom. The Hall–Kier alpha value is -2.12. The molecule has 2 rings (SSSR count). The maximum absolute atomic E-state index is 12.6. The van der Waals surface area contributed by atoms with Crippen LogP contribution < -0.4 is 4.31 Å². The summed E-state index contributed by atoms with van der Waals surface area (Å²) in [5, 5.41) is 0.514. The third-order valence-electron chi connectivity index (χ3n) is 4.02. The third kappa shape index (κ3) is 5.44. The van der Waals surface area contributed by atoms with E-state index in [0.29, 0.717) is 29.2 Å². The standard InChI is InChI=1S/C18H22ClN3O3S/c1-14-12-16(19)4-5-17(14)22(26(3,24)25)13-18(23)21(2)11-8-15-6-9-20-10-7-15/h4-7,9-10,12H,8,11,13H2,1-3H3. The van der Waals surface area contributed by atoms with Gasteiger partial charge >= 0.3 is 0 Å². The van der Waals surface area contributed by atoms with Crippen molar-refractivity contribution >= 4 is 33.2 Å². The van der Waals surface area contributed by atoms with E-state index in [-0.39, 0.29) is 12.5 Å². The first-order chi connectivity index (χ1) is 12.2. The summed E-state index contributed by atoms with van der Waals surface area (Å²) < 4.78 is 25.6. The van der Waals surface area contributed by atoms with E-state index in [4.69, 9.17) is 11.6 Å². The van der Waals surface area contributed by atoms with Gasteiger partial charge < -0.3 is 4.90 Å². The fraction of sp³-hybridized carbons (Fsp3) is 0.333. The molecule has 0 N–H and O–H groups in total. The molecule has 0 radical (unpaired) electrons. The molecule has 6 nitrogen and oxygen atoms in total. The number of aryl methyl sites for hydroxylation is 1. The maximum Gasteiger partial charge on any atom is 0.243 e. The van der Waals surface area contributed by atoms with Gasteiger partial charge in [-0.2, -0.15) is 0 Å². The highest BCUT2D eigenvalue weighted by Gasteiger charge is 2.24. The second-order valence-electron chi connectivity index (χ2n) is 6.12. The summed E-state index contributed by atoms with van der Waals surface area (Å²) in [6.07, 6.45) is 5.16. The number of anilines is 1. The zero-order valence-corrected chi connectivity index (χ0v) is 16.6. The van der Waals surface area contributed by atoms with Crippen LogP contribution in [-0.2, 0) is 21.2 Å². The molecule has 0 aliphatic heterocycles. The average Bonchev–Trinajstić information content (AvgIpc) is 2.58. The highest BCUT2D eigenvalue weighted by Crippen LogP contribution is 2.25. The molecule has 1 amide bonds. The average molecular weight is 396 g/mol. The SMILES string of the molecule is Cc1cc(Cl)ccc1N(CC(=O)N(C)CCc1ccncc1)S(C)(=O)=O. The predicted octanol–water partition coefficient (Wildman–Crippen LogP) is 2.51. The van der Waals surface area contributed by atoms with E-state index < -0.39 is 10.0 Å². The van der Waals surface area contributed by atoms with E-state index in [1.54, 1.807) is 44.6 Å². The van der Waals surface area contributed by atoms with Crippen molar-refractivity contribution < 1.29 is 13.2 Å². The molecule has 0 saturated carbocycles. The quantitative estimate of drug-likeness (QED) is 0.722. The lowest BCUT2D eigenvalue weighted by Crippen LogP contribution is -2.42. The van der Waals surface area contributed by atoms with Gasteiger partial charge in [-0.3, -0.25) is 14.1 Å². The van der Waals surface area contributed by atoms with E-state index in [1.165, 1.54) is 4.90 Å². The highest BCUT2D eigenvalue weighted by molar-refractivity contribution is 7.92. The number of carbonyl (C=O) groups excluding carboxylic acids is 1. The van der Waals surface area contributed by atoms with Gasteiger partial charge in [-0.15, -0.1) is 0 Å². The van der Waals surface area contributed by atoms with Crippen LogP contribution in [0, 0.1) is 6.92 Å². The Bertz CT molecular complexity index is 873. The number of pyridine rings is 1. The number of likely N-dealkylation sites (N-methyl/N-ethyl adjacent to an activating group) is 1. The van der Waals surface area contributed by atoms with Crippen LogP contribution in [0.15, 0.2) is 42.7 Å². The number of benzene rings is 1. The van der Waals surface area contributed by atoms with Crippen molar-refractivity contribution in [2.75, 3.05) is 30.7 Å². The molecule has 8 heteroatoms. The topological polar surface area (TPSA) is 70.6 Å². The molecule has 0 bridgehead atoms. The summed E-state index contributed by atoms with van der Waals surface area (Å²) in [6.45, 7) is 1.99. The molecule has 0 fully saturated rings. The van der Waals surface area contributed by atoms with Gasteiger partial charge in [0.25, 0.3) is 0 Å². The Balaban J connectivity index is 2.11. The predicted molar refractivity (Wildman–Crippen MR) is 104 cm³/mol. The van der Waals surface area contributed by atoms with E-state index >= 15 is 0 Å². The smallest absolute Gasteiger partial charge is 0.243 e. The van der Waals surface area contributed by atoms with Gasteiger partial charge in [0.15, 0.2) is 0 Å². The molecule has 0 saturated heterocycles. The van der Waals surface area contributed by atoms with Gasteiger partial charge in [-0.05, 0) is 54.8 Å². The number of amides is 1. The second kappa shape index (κ2) is 8.51. The number of nitrogens with zero attached hydrogens (tertiary/aromatic N) is 3. The number of aromatic nitrogens is 1. The summed E-state index contributed by atoms with van der Waals surface area (Å²) in [6, 6.07) is 8.67. The molecule has 1 aromatic heterocycles. The van der Waals surface area contributed by atoms with E-state index in [0.717, 1.165) is 16.1 Å². The summed E-state index contributed by atoms with van der Waals surface area (Å²) in [4.78, 5) is 18.0. The fourth-order valence-electron chi connectivity index (χ4n) is 2.49. The first-order valence-electron chi connectivity index (χ1n) is 8.05. The summed E-state index contributed by atoms with van der Waals surface area (Å²) in [5.74, 6) is -0.279. The van der Waals surface area contributed by atoms with Crippen molar-refractivity contribution in [2.45, 2.75) is 13.3 Å². The van der Waals surface area contributed by atoms with Crippen molar-refractivity contribution in [3.63, 3.8) is 0 Å². The lowest BCUT2D eigenvalue weighted by atomic mass is 10.2. The Labute approximate surface area is 159 Å². The minimum absolute atomic E-state index is 0.256. The summed E-state index contributed by atoms with van der Waals surface area (Å²) in [7, 11) is -1.95. The monoisotopic (exact) mass is 395 g/mol. The van der Waals surface area contributed by atoms with Crippen molar-refractivity contribution in [2.24, 2.45) is 0 Å². The van der Waals surface area contributed by atoms with E-state index in [1.807, 2.05) is 12.1 Å². The minimum atomic E-state index is -3.61. The number of hydrogen-bond acceptors (Lipinski definition) is 4. The van der Waals surface area contributed by atoms with Crippen LogP contribution in [0.5, 0.6) is 0 Å². The Morgan fingerprint density at radius 3 is 2.42 bits per heavy atom.